The average Bonchev–Trinajstić information content (AvgIpc) is 2.70. The predicted molar refractivity (Wildman–Crippen MR) is 121 cm³/mol. The van der Waals surface area contributed by atoms with Crippen LogP contribution in [0, 0.1) is 11.3 Å². The Bertz CT molecular complexity index is 760. The van der Waals surface area contributed by atoms with Gasteiger partial charge in [-0.3, -0.25) is 14.4 Å². The Morgan fingerprint density at radius 3 is 2.13 bits per heavy atom. The van der Waals surface area contributed by atoms with Gasteiger partial charge in [-0.05, 0) is 62.3 Å². The van der Waals surface area contributed by atoms with E-state index in [-0.39, 0.29) is 35.1 Å². The van der Waals surface area contributed by atoms with E-state index in [1.165, 1.54) is 0 Å². The van der Waals surface area contributed by atoms with Crippen molar-refractivity contribution in [1.29, 1.82) is 0 Å². The number of hydrogen-bond acceptors (Lipinski definition) is 4. The Balaban J connectivity index is 2.07. The van der Waals surface area contributed by atoms with Crippen LogP contribution in [0.15, 0.2) is 24.3 Å². The maximum atomic E-state index is 12.9. The minimum absolute atomic E-state index is 0.0265. The second-order valence-corrected chi connectivity index (χ2v) is 9.80. The number of ether oxygens (including phenoxy) is 1. The van der Waals surface area contributed by atoms with Crippen LogP contribution >= 0.6 is 0 Å². The molecule has 31 heavy (non-hydrogen) atoms. The lowest BCUT2D eigenvalue weighted by molar-refractivity contribution is -0.134. The number of likely N-dealkylation sites (tertiary alicyclic amines) is 1. The fourth-order valence-corrected chi connectivity index (χ4v) is 3.79. The van der Waals surface area contributed by atoms with Gasteiger partial charge in [0.15, 0.2) is 0 Å². The summed E-state index contributed by atoms with van der Waals surface area (Å²) in [6.07, 6.45) is 1.85. The molecule has 0 aliphatic carbocycles. The third kappa shape index (κ3) is 7.56. The Morgan fingerprint density at radius 1 is 1.06 bits per heavy atom. The molecule has 1 fully saturated rings. The van der Waals surface area contributed by atoms with E-state index in [0.29, 0.717) is 43.7 Å². The highest BCUT2D eigenvalue weighted by Crippen LogP contribution is 2.25. The van der Waals surface area contributed by atoms with Gasteiger partial charge in [0.1, 0.15) is 11.8 Å². The van der Waals surface area contributed by atoms with Crippen LogP contribution in [0.4, 0.5) is 0 Å². The third-order valence-corrected chi connectivity index (χ3v) is 5.40. The molecule has 0 bridgehead atoms. The van der Waals surface area contributed by atoms with Crippen molar-refractivity contribution in [3.05, 3.63) is 29.8 Å². The first-order valence-electron chi connectivity index (χ1n) is 11.0. The van der Waals surface area contributed by atoms with E-state index < -0.39 is 6.04 Å². The molecule has 2 N–H and O–H groups in total. The largest absolute Gasteiger partial charge is 0.497 e. The summed E-state index contributed by atoms with van der Waals surface area (Å²) < 4.78 is 5.14. The zero-order valence-electron chi connectivity index (χ0n) is 19.7. The van der Waals surface area contributed by atoms with Crippen LogP contribution in [-0.4, -0.2) is 54.9 Å². The van der Waals surface area contributed by atoms with Gasteiger partial charge in [0.2, 0.25) is 11.8 Å². The number of nitrogens with zero attached hydrogens (tertiary/aromatic N) is 1. The monoisotopic (exact) mass is 431 g/mol. The molecular formula is C24H37N3O4. The Hall–Kier alpha value is -2.57. The minimum atomic E-state index is -0.642. The molecule has 1 unspecified atom stereocenters. The number of benzene rings is 1. The molecule has 0 saturated carbocycles. The van der Waals surface area contributed by atoms with Gasteiger partial charge in [0, 0.05) is 31.1 Å². The molecule has 1 aromatic carbocycles. The first-order chi connectivity index (χ1) is 14.5. The van der Waals surface area contributed by atoms with Crippen LogP contribution in [-0.2, 0) is 9.59 Å². The lowest BCUT2D eigenvalue weighted by Crippen LogP contribution is -2.54. The quantitative estimate of drug-likeness (QED) is 0.695. The second-order valence-electron chi connectivity index (χ2n) is 9.80. The summed E-state index contributed by atoms with van der Waals surface area (Å²) >= 11 is 0. The number of amides is 3. The number of nitrogens with one attached hydrogen (secondary N) is 2. The summed E-state index contributed by atoms with van der Waals surface area (Å²) in [7, 11) is 1.57. The van der Waals surface area contributed by atoms with Crippen LogP contribution in [0.2, 0.25) is 0 Å². The lowest BCUT2D eigenvalue weighted by atomic mass is 9.87. The molecular weight excluding hydrogens is 394 g/mol. The van der Waals surface area contributed by atoms with Crippen molar-refractivity contribution >= 4 is 17.7 Å². The molecule has 1 aliphatic heterocycles. The number of piperidine rings is 1. The molecule has 172 valence electrons. The van der Waals surface area contributed by atoms with E-state index in [0.717, 1.165) is 0 Å². The molecule has 1 saturated heterocycles. The van der Waals surface area contributed by atoms with E-state index in [1.54, 1.807) is 31.4 Å². The van der Waals surface area contributed by atoms with Crippen molar-refractivity contribution in [2.45, 2.75) is 66.0 Å². The van der Waals surface area contributed by atoms with E-state index in [9.17, 15) is 14.4 Å². The molecule has 1 aliphatic rings. The van der Waals surface area contributed by atoms with E-state index in [1.807, 2.05) is 18.7 Å². The summed E-state index contributed by atoms with van der Waals surface area (Å²) in [5, 5.41) is 5.86. The van der Waals surface area contributed by atoms with Gasteiger partial charge < -0.3 is 20.3 Å². The van der Waals surface area contributed by atoms with Crippen molar-refractivity contribution < 1.29 is 19.1 Å². The Kier molecular flexibility index (Phi) is 8.48. The lowest BCUT2D eigenvalue weighted by Gasteiger charge is -2.37. The SMILES string of the molecule is COc1ccc(C(=O)NC(C(=O)NC(C)C)C2CCN(C(=O)CC(C)(C)C)CC2)cc1. The fraction of sp³-hybridized carbons (Fsp3) is 0.625. The number of rotatable bonds is 7. The van der Waals surface area contributed by atoms with Gasteiger partial charge in [-0.15, -0.1) is 0 Å². The summed E-state index contributed by atoms with van der Waals surface area (Å²) in [5.74, 6) is 0.308. The number of carbonyl (C=O) groups is 3. The van der Waals surface area contributed by atoms with Gasteiger partial charge in [-0.25, -0.2) is 0 Å². The average molecular weight is 432 g/mol. The molecule has 1 atom stereocenters. The van der Waals surface area contributed by atoms with Crippen molar-refractivity contribution in [3.63, 3.8) is 0 Å². The van der Waals surface area contributed by atoms with Crippen LogP contribution in [0.25, 0.3) is 0 Å². The minimum Gasteiger partial charge on any atom is -0.497 e. The molecule has 7 heteroatoms. The fourth-order valence-electron chi connectivity index (χ4n) is 3.79. The van der Waals surface area contributed by atoms with Crippen molar-refractivity contribution in [2.75, 3.05) is 20.2 Å². The normalized spacial score (nSPS) is 16.0. The van der Waals surface area contributed by atoms with Gasteiger partial charge >= 0.3 is 0 Å². The molecule has 3 amide bonds. The van der Waals surface area contributed by atoms with Crippen molar-refractivity contribution in [3.8, 4) is 5.75 Å². The number of carbonyl (C=O) groups excluding carboxylic acids is 3. The van der Waals surface area contributed by atoms with E-state index >= 15 is 0 Å². The van der Waals surface area contributed by atoms with Crippen LogP contribution in [0.5, 0.6) is 5.75 Å². The van der Waals surface area contributed by atoms with Crippen LogP contribution < -0.4 is 15.4 Å². The van der Waals surface area contributed by atoms with Crippen LogP contribution in [0.1, 0.15) is 64.2 Å². The standard InChI is InChI=1S/C24H37N3O4/c1-16(2)25-23(30)21(26-22(29)18-7-9-19(31-6)10-8-18)17-11-13-27(14-12-17)20(28)15-24(3,4)5/h7-10,16-17,21H,11-15H2,1-6H3,(H,25,30)(H,26,29). The Labute approximate surface area is 185 Å². The predicted octanol–water partition coefficient (Wildman–Crippen LogP) is 2.99. The smallest absolute Gasteiger partial charge is 0.251 e. The topological polar surface area (TPSA) is 87.7 Å². The first kappa shape index (κ1) is 24.7. The molecule has 1 aromatic rings. The van der Waals surface area contributed by atoms with Gasteiger partial charge in [0.25, 0.3) is 5.91 Å². The first-order valence-corrected chi connectivity index (χ1v) is 11.0. The highest BCUT2D eigenvalue weighted by molar-refractivity contribution is 5.97. The zero-order chi connectivity index (χ0) is 23.2. The van der Waals surface area contributed by atoms with Gasteiger partial charge in [-0.2, -0.15) is 0 Å². The second kappa shape index (κ2) is 10.6. The molecule has 0 radical (unpaired) electrons. The number of methoxy groups -OCH3 is 1. The molecule has 0 spiro atoms. The van der Waals surface area contributed by atoms with E-state index in [4.69, 9.17) is 4.74 Å². The molecule has 0 aromatic heterocycles. The van der Waals surface area contributed by atoms with Crippen molar-refractivity contribution in [1.82, 2.24) is 15.5 Å². The van der Waals surface area contributed by atoms with Crippen LogP contribution in [0.3, 0.4) is 0 Å². The molecule has 1 heterocycles. The van der Waals surface area contributed by atoms with Gasteiger partial charge in [-0.1, -0.05) is 20.8 Å². The van der Waals surface area contributed by atoms with Crippen molar-refractivity contribution in [2.24, 2.45) is 11.3 Å². The maximum Gasteiger partial charge on any atom is 0.251 e. The highest BCUT2D eigenvalue weighted by atomic mass is 16.5. The number of hydrogen-bond donors (Lipinski definition) is 2. The van der Waals surface area contributed by atoms with Gasteiger partial charge in [0.05, 0.1) is 7.11 Å². The zero-order valence-corrected chi connectivity index (χ0v) is 19.7. The summed E-state index contributed by atoms with van der Waals surface area (Å²) in [5.41, 5.74) is 0.417. The Morgan fingerprint density at radius 2 is 1.65 bits per heavy atom. The molecule has 7 nitrogen and oxygen atoms in total. The maximum absolute atomic E-state index is 12.9. The summed E-state index contributed by atoms with van der Waals surface area (Å²) in [6.45, 7) is 11.2. The summed E-state index contributed by atoms with van der Waals surface area (Å²) in [4.78, 5) is 40.1. The molecule has 2 rings (SSSR count). The van der Waals surface area contributed by atoms with E-state index in [2.05, 4.69) is 31.4 Å². The highest BCUT2D eigenvalue weighted by Gasteiger charge is 2.34. The third-order valence-electron chi connectivity index (χ3n) is 5.40. The summed E-state index contributed by atoms with van der Waals surface area (Å²) in [6, 6.07) is 6.13.